The minimum Gasteiger partial charge on any atom is -0.341 e. The summed E-state index contributed by atoms with van der Waals surface area (Å²) in [5.74, 6) is 0. The smallest absolute Gasteiger partial charge is 0.0491 e. The fraction of sp³-hybridized carbons (Fsp3) is 0.0923. The maximum absolute atomic E-state index is 2.45. The van der Waals surface area contributed by atoms with Crippen LogP contribution in [0.25, 0.3) is 231 Å². The van der Waals surface area contributed by atoms with Gasteiger partial charge in [-0.05, 0) is 296 Å². The Balaban J connectivity index is 0.000000155. The third kappa shape index (κ3) is 15.2. The van der Waals surface area contributed by atoms with E-state index in [0.29, 0.717) is 0 Å². The lowest BCUT2D eigenvalue weighted by molar-refractivity contribution is 0.591. The Kier molecular flexibility index (Phi) is 21.1. The number of hydrogen-bond acceptors (Lipinski definition) is 0. The first kappa shape index (κ1) is 82.0. The maximum atomic E-state index is 2.45. The molecule has 0 N–H and O–H groups in total. The van der Waals surface area contributed by atoms with E-state index in [0.717, 1.165) is 13.1 Å². The van der Waals surface area contributed by atoms with Gasteiger partial charge in [0.2, 0.25) is 0 Å². The van der Waals surface area contributed by atoms with Gasteiger partial charge in [-0.25, -0.2) is 0 Å². The molecule has 0 bridgehead atoms. The van der Waals surface area contributed by atoms with Crippen LogP contribution in [0, 0.1) is 0 Å². The van der Waals surface area contributed by atoms with Gasteiger partial charge in [-0.3, -0.25) is 0 Å². The molecule has 0 spiro atoms. The first-order valence-corrected chi connectivity index (χ1v) is 46.7. The van der Waals surface area contributed by atoms with E-state index in [-0.39, 0.29) is 10.8 Å². The lowest BCUT2D eigenvalue weighted by Crippen LogP contribution is -2.10. The Labute approximate surface area is 774 Å². The number of benzene rings is 21. The molecule has 0 amide bonds. The summed E-state index contributed by atoms with van der Waals surface area (Å²) in [6.45, 7) is 20.1. The van der Waals surface area contributed by atoms with Gasteiger partial charge in [0.1, 0.15) is 0 Å². The van der Waals surface area contributed by atoms with E-state index in [9.17, 15) is 0 Å². The number of rotatable bonds is 15. The largest absolute Gasteiger partial charge is 0.341 e. The molecule has 2 heterocycles. The summed E-state index contributed by atoms with van der Waals surface area (Å²) in [6, 6.07) is 167. The SMILES string of the molecule is CCn1c2ccc(-c3ccc(-c4ccc(-c5c6ccc(-c7ccccc7)cc6c(-c6ccc(-c7ccccc7)cc6)c6ccc(-c7ccccc7)cc56)cc4)cc3)cc2c2cc(C(C)(C)C)ccc21.CCn1c2ccc(-c3ccc(-c4ccc(-c5c6ccc(-c7ccccc7)cc6c(-c6ccccc6)c6ccc(-c7ccccc7)cc56)cc4)cc3)cc2c2cc(C(C)(C)C)ccc21. The minimum atomic E-state index is 0.0851. The molecule has 0 aliphatic heterocycles. The second kappa shape index (κ2) is 34.0. The van der Waals surface area contributed by atoms with Gasteiger partial charge in [0.25, 0.3) is 0 Å². The monoisotopic (exact) mass is 1690 g/mol. The highest BCUT2D eigenvalue weighted by Crippen LogP contribution is 2.51. The van der Waals surface area contributed by atoms with Gasteiger partial charge in [-0.15, -0.1) is 0 Å². The highest BCUT2D eigenvalue weighted by molar-refractivity contribution is 6.25. The summed E-state index contributed by atoms with van der Waals surface area (Å²) in [6.07, 6.45) is 0. The van der Waals surface area contributed by atoms with E-state index >= 15 is 0 Å². The molecule has 23 aromatic rings. The van der Waals surface area contributed by atoms with Gasteiger partial charge >= 0.3 is 0 Å². The number of aryl methyl sites for hydroxylation is 2. The number of hydrogen-bond donors (Lipinski definition) is 0. The molecule has 0 aliphatic rings. The van der Waals surface area contributed by atoms with Gasteiger partial charge in [0.15, 0.2) is 0 Å². The van der Waals surface area contributed by atoms with Crippen molar-refractivity contribution in [2.24, 2.45) is 0 Å². The average Bonchev–Trinajstić information content (AvgIpc) is 1.12. The van der Waals surface area contributed by atoms with Crippen molar-refractivity contribution in [3.63, 3.8) is 0 Å². The van der Waals surface area contributed by atoms with E-state index in [2.05, 4.69) is 513 Å². The summed E-state index contributed by atoms with van der Waals surface area (Å²) in [4.78, 5) is 0. The van der Waals surface area contributed by atoms with Crippen molar-refractivity contribution in [3.8, 4) is 145 Å². The summed E-state index contributed by atoms with van der Waals surface area (Å²) in [5.41, 5.74) is 39.8. The van der Waals surface area contributed by atoms with Crippen molar-refractivity contribution in [2.45, 2.75) is 79.3 Å². The van der Waals surface area contributed by atoms with Crippen LogP contribution in [0.1, 0.15) is 66.5 Å². The molecule has 2 heteroatoms. The average molecular weight is 1690 g/mol. The Morgan fingerprint density at radius 1 is 0.144 bits per heavy atom. The van der Waals surface area contributed by atoms with Gasteiger partial charge in [0.05, 0.1) is 0 Å². The lowest BCUT2D eigenvalue weighted by Gasteiger charge is -2.20. The topological polar surface area (TPSA) is 9.86 Å². The predicted octanol–water partition coefficient (Wildman–Crippen LogP) is 36.5. The first-order valence-electron chi connectivity index (χ1n) is 46.7. The quantitative estimate of drug-likeness (QED) is 0.0906. The van der Waals surface area contributed by atoms with Crippen LogP contribution in [0.2, 0.25) is 0 Å². The van der Waals surface area contributed by atoms with Crippen molar-refractivity contribution in [1.82, 2.24) is 9.13 Å². The molecule has 0 aliphatic carbocycles. The fourth-order valence-corrected chi connectivity index (χ4v) is 20.6. The molecule has 0 atom stereocenters. The highest BCUT2D eigenvalue weighted by Gasteiger charge is 2.25. The first-order chi connectivity index (χ1) is 64.6. The van der Waals surface area contributed by atoms with Crippen molar-refractivity contribution >= 4 is 86.7 Å². The summed E-state index contributed by atoms with van der Waals surface area (Å²) in [5, 5.41) is 15.3. The zero-order valence-corrected chi connectivity index (χ0v) is 76.0. The Hall–Kier alpha value is -15.7. The van der Waals surface area contributed by atoms with Crippen LogP contribution in [0.3, 0.4) is 0 Å². The molecule has 632 valence electrons. The summed E-state index contributed by atoms with van der Waals surface area (Å²) < 4.78 is 4.89. The van der Waals surface area contributed by atoms with E-state index in [1.807, 2.05) is 0 Å². The van der Waals surface area contributed by atoms with Crippen molar-refractivity contribution in [3.05, 3.63) is 460 Å². The van der Waals surface area contributed by atoms with Crippen molar-refractivity contribution in [1.29, 1.82) is 0 Å². The molecule has 0 saturated carbocycles. The Morgan fingerprint density at radius 2 is 0.303 bits per heavy atom. The van der Waals surface area contributed by atoms with Gasteiger partial charge in [0, 0.05) is 56.7 Å². The molecule has 0 fully saturated rings. The van der Waals surface area contributed by atoms with E-state index in [4.69, 9.17) is 0 Å². The fourth-order valence-electron chi connectivity index (χ4n) is 20.6. The standard InChI is InChI=1S/C68H53N.C62H49N/c1-5-69-64-39-35-56(41-60(64)61-44-57(68(2,3)4)36-40-65(61)69)51-23-21-49(22-24-51)50-27-31-53(32-28-50)67-59-38-34-54(46-17-11-7-12-18-46)42-62(59)66(52-29-25-48(26-30-52)45-15-9-6-10-16-45)58-37-33-55(43-63(58)67)47-19-13-8-14-20-47;1-5-63-58-35-31-50(37-54(58)55-40-51(62(2,3)4)32-36-59(55)63)45-23-21-43(22-24-45)44-25-27-47(28-26-44)61-53-34-30-48(41-15-9-6-10-16-41)38-56(53)60(46-19-13-8-14-20-46)52-33-29-49(39-57(52)61)42-17-11-7-12-18-42/h6-44H,5H2,1-4H3;6-40H,5H2,1-4H3. The minimum absolute atomic E-state index is 0.0851. The van der Waals surface area contributed by atoms with Crippen LogP contribution in [-0.2, 0) is 23.9 Å². The third-order valence-corrected chi connectivity index (χ3v) is 27.5. The molecule has 2 aromatic heterocycles. The highest BCUT2D eigenvalue weighted by atomic mass is 15.0. The van der Waals surface area contributed by atoms with Crippen LogP contribution in [0.15, 0.2) is 449 Å². The third-order valence-electron chi connectivity index (χ3n) is 27.5. The zero-order chi connectivity index (χ0) is 89.3. The molecule has 21 aromatic carbocycles. The van der Waals surface area contributed by atoms with E-state index in [1.54, 1.807) is 0 Å². The molecule has 0 radical (unpaired) electrons. The van der Waals surface area contributed by atoms with Crippen LogP contribution in [-0.4, -0.2) is 9.13 Å². The van der Waals surface area contributed by atoms with Crippen molar-refractivity contribution in [2.75, 3.05) is 0 Å². The Morgan fingerprint density at radius 3 is 0.530 bits per heavy atom. The van der Waals surface area contributed by atoms with Gasteiger partial charge in [-0.2, -0.15) is 0 Å². The lowest BCUT2D eigenvalue weighted by atomic mass is 9.83. The molecule has 2 nitrogen and oxygen atoms in total. The number of aromatic nitrogens is 2. The molecular formula is C130H102N2. The zero-order valence-electron chi connectivity index (χ0n) is 76.0. The summed E-state index contributed by atoms with van der Waals surface area (Å²) in [7, 11) is 0. The van der Waals surface area contributed by atoms with E-state index < -0.39 is 0 Å². The Bertz CT molecular complexity index is 8280. The van der Waals surface area contributed by atoms with Crippen LogP contribution in [0.5, 0.6) is 0 Å². The second-order valence-electron chi connectivity index (χ2n) is 37.5. The molecule has 23 rings (SSSR count). The van der Waals surface area contributed by atoms with Crippen LogP contribution < -0.4 is 0 Å². The predicted molar refractivity (Wildman–Crippen MR) is 568 cm³/mol. The van der Waals surface area contributed by atoms with E-state index in [1.165, 1.54) is 242 Å². The maximum Gasteiger partial charge on any atom is 0.0491 e. The second-order valence-corrected chi connectivity index (χ2v) is 37.5. The number of fused-ring (bicyclic) bond motifs is 10. The molecular weight excluding hydrogens is 1590 g/mol. The molecule has 0 unspecified atom stereocenters. The van der Waals surface area contributed by atoms with Gasteiger partial charge in [-0.1, -0.05) is 418 Å². The molecule has 0 saturated heterocycles. The van der Waals surface area contributed by atoms with Crippen LogP contribution in [0.4, 0.5) is 0 Å². The molecule has 132 heavy (non-hydrogen) atoms. The van der Waals surface area contributed by atoms with Gasteiger partial charge < -0.3 is 9.13 Å². The number of nitrogens with zero attached hydrogens (tertiary/aromatic N) is 2. The summed E-state index contributed by atoms with van der Waals surface area (Å²) >= 11 is 0. The van der Waals surface area contributed by atoms with Crippen molar-refractivity contribution < 1.29 is 0 Å². The van der Waals surface area contributed by atoms with Crippen LogP contribution >= 0.6 is 0 Å². The normalized spacial score (nSPS) is 11.8.